The van der Waals surface area contributed by atoms with Crippen LogP contribution in [0.15, 0.2) is 36.0 Å². The average Bonchev–Trinajstić information content (AvgIpc) is 2.80. The first-order chi connectivity index (χ1) is 9.26. The van der Waals surface area contributed by atoms with Crippen molar-refractivity contribution in [2.45, 2.75) is 18.4 Å². The largest absolute Gasteiger partial charge is 0.381 e. The van der Waals surface area contributed by atoms with Crippen molar-refractivity contribution in [1.29, 1.82) is 0 Å². The van der Waals surface area contributed by atoms with E-state index in [4.69, 9.17) is 21.2 Å². The van der Waals surface area contributed by atoms with E-state index in [1.165, 1.54) is 0 Å². The highest BCUT2D eigenvalue weighted by atomic mass is 35.5. The fourth-order valence-electron chi connectivity index (χ4n) is 2.21. The molecule has 0 saturated carbocycles. The van der Waals surface area contributed by atoms with Crippen LogP contribution in [0.3, 0.4) is 0 Å². The van der Waals surface area contributed by atoms with Crippen molar-refractivity contribution in [2.24, 2.45) is 0 Å². The van der Waals surface area contributed by atoms with Crippen molar-refractivity contribution in [1.82, 2.24) is 5.48 Å². The lowest BCUT2D eigenvalue weighted by Gasteiger charge is -2.29. The standard InChI is InChI=1S/C15H14ClNO2/c16-13-3-1-2-12(10-13)4-5-14-11-15(19-17-14)6-8-18-9-7-15/h1-3,10-11,17H,6-9H2. The van der Waals surface area contributed by atoms with Gasteiger partial charge in [-0.25, -0.2) is 0 Å². The molecule has 0 aliphatic carbocycles. The van der Waals surface area contributed by atoms with Crippen molar-refractivity contribution in [2.75, 3.05) is 13.2 Å². The Bertz CT molecular complexity index is 565. The summed E-state index contributed by atoms with van der Waals surface area (Å²) >= 11 is 5.92. The van der Waals surface area contributed by atoms with Gasteiger partial charge in [0.2, 0.25) is 0 Å². The Labute approximate surface area is 117 Å². The number of hydrogen-bond acceptors (Lipinski definition) is 3. The molecule has 0 atom stereocenters. The van der Waals surface area contributed by atoms with Crippen molar-refractivity contribution >= 4 is 11.6 Å². The zero-order valence-corrected chi connectivity index (χ0v) is 11.2. The molecular formula is C15H14ClNO2. The van der Waals surface area contributed by atoms with Crippen molar-refractivity contribution in [3.63, 3.8) is 0 Å². The van der Waals surface area contributed by atoms with Gasteiger partial charge in [0.05, 0.1) is 0 Å². The lowest BCUT2D eigenvalue weighted by molar-refractivity contribution is -0.0981. The van der Waals surface area contributed by atoms with Gasteiger partial charge >= 0.3 is 0 Å². The molecule has 2 aliphatic rings. The van der Waals surface area contributed by atoms with Gasteiger partial charge in [0, 0.05) is 36.6 Å². The molecule has 0 amide bonds. The summed E-state index contributed by atoms with van der Waals surface area (Å²) in [6.07, 6.45) is 3.79. The number of hydrogen-bond donors (Lipinski definition) is 1. The molecule has 0 bridgehead atoms. The second kappa shape index (κ2) is 5.26. The molecular weight excluding hydrogens is 262 g/mol. The number of allylic oxidation sites excluding steroid dienone is 1. The third-order valence-corrected chi connectivity index (χ3v) is 3.51. The lowest BCUT2D eigenvalue weighted by atomic mass is 9.94. The second-order valence-electron chi connectivity index (χ2n) is 4.70. The molecule has 98 valence electrons. The topological polar surface area (TPSA) is 30.5 Å². The molecule has 0 radical (unpaired) electrons. The molecule has 0 aromatic heterocycles. The van der Waals surface area contributed by atoms with Gasteiger partial charge < -0.3 is 4.74 Å². The van der Waals surface area contributed by atoms with E-state index in [1.54, 1.807) is 0 Å². The summed E-state index contributed by atoms with van der Waals surface area (Å²) in [6, 6.07) is 7.49. The number of ether oxygens (including phenoxy) is 1. The highest BCUT2D eigenvalue weighted by Crippen LogP contribution is 2.30. The minimum atomic E-state index is -0.239. The van der Waals surface area contributed by atoms with Gasteiger partial charge in [-0.3, -0.25) is 10.3 Å². The zero-order valence-electron chi connectivity index (χ0n) is 10.4. The van der Waals surface area contributed by atoms with E-state index in [9.17, 15) is 0 Å². The van der Waals surface area contributed by atoms with E-state index >= 15 is 0 Å². The first-order valence-electron chi connectivity index (χ1n) is 6.28. The van der Waals surface area contributed by atoms with Crippen molar-refractivity contribution in [3.8, 4) is 11.8 Å². The molecule has 0 unspecified atom stereocenters. The molecule has 4 heteroatoms. The summed E-state index contributed by atoms with van der Waals surface area (Å²) in [5, 5.41) is 0.692. The van der Waals surface area contributed by atoms with Crippen LogP contribution in [0.2, 0.25) is 5.02 Å². The van der Waals surface area contributed by atoms with Crippen LogP contribution in [0.25, 0.3) is 0 Å². The SMILES string of the molecule is Clc1cccc(C#CC2=CC3(CCOCC3)ON2)c1. The maximum Gasteiger partial charge on any atom is 0.121 e. The number of rotatable bonds is 0. The maximum atomic E-state index is 5.92. The van der Waals surface area contributed by atoms with Crippen molar-refractivity contribution in [3.05, 3.63) is 46.6 Å². The van der Waals surface area contributed by atoms with Crippen molar-refractivity contribution < 1.29 is 9.57 Å². The smallest absolute Gasteiger partial charge is 0.121 e. The lowest BCUT2D eigenvalue weighted by Crippen LogP contribution is -2.36. The zero-order chi connectivity index (χ0) is 13.1. The summed E-state index contributed by atoms with van der Waals surface area (Å²) in [4.78, 5) is 5.66. The highest BCUT2D eigenvalue weighted by molar-refractivity contribution is 6.30. The Kier molecular flexibility index (Phi) is 3.48. The van der Waals surface area contributed by atoms with Crippen LogP contribution in [0.4, 0.5) is 0 Å². The van der Waals surface area contributed by atoms with E-state index in [2.05, 4.69) is 23.4 Å². The molecule has 3 nitrogen and oxygen atoms in total. The van der Waals surface area contributed by atoms with Crippen LogP contribution < -0.4 is 5.48 Å². The Balaban J connectivity index is 1.76. The van der Waals surface area contributed by atoms with E-state index in [0.29, 0.717) is 5.02 Å². The van der Waals surface area contributed by atoms with Crippen LogP contribution in [-0.2, 0) is 9.57 Å². The molecule has 1 N–H and O–H groups in total. The van der Waals surface area contributed by atoms with Gasteiger partial charge in [0.15, 0.2) is 0 Å². The van der Waals surface area contributed by atoms with Crippen LogP contribution in [0.1, 0.15) is 18.4 Å². The molecule has 1 aromatic rings. The van der Waals surface area contributed by atoms with Gasteiger partial charge in [-0.05, 0) is 30.2 Å². The van der Waals surface area contributed by atoms with Gasteiger partial charge in [-0.1, -0.05) is 23.6 Å². The van der Waals surface area contributed by atoms with Gasteiger partial charge in [0.25, 0.3) is 0 Å². The first-order valence-corrected chi connectivity index (χ1v) is 6.66. The number of benzene rings is 1. The highest BCUT2D eigenvalue weighted by Gasteiger charge is 2.36. The summed E-state index contributed by atoms with van der Waals surface area (Å²) in [5.41, 5.74) is 4.36. The van der Waals surface area contributed by atoms with Crippen LogP contribution in [0.5, 0.6) is 0 Å². The predicted molar refractivity (Wildman–Crippen MR) is 73.4 cm³/mol. The van der Waals surface area contributed by atoms with Crippen LogP contribution in [0, 0.1) is 11.8 Å². The summed E-state index contributed by atoms with van der Waals surface area (Å²) in [5.74, 6) is 6.15. The maximum absolute atomic E-state index is 5.92. The van der Waals surface area contributed by atoms with Gasteiger partial charge in [-0.2, -0.15) is 0 Å². The molecule has 1 aromatic carbocycles. The molecule has 2 heterocycles. The predicted octanol–water partition coefficient (Wildman–Crippen LogP) is 2.66. The normalized spacial score (nSPS) is 20.4. The molecule has 1 saturated heterocycles. The first kappa shape index (κ1) is 12.6. The Morgan fingerprint density at radius 1 is 1.21 bits per heavy atom. The quantitative estimate of drug-likeness (QED) is 0.739. The summed E-state index contributed by atoms with van der Waals surface area (Å²) in [6.45, 7) is 1.46. The van der Waals surface area contributed by atoms with Gasteiger partial charge in [0.1, 0.15) is 11.3 Å². The number of halogens is 1. The molecule has 2 aliphatic heterocycles. The molecule has 1 fully saturated rings. The summed E-state index contributed by atoms with van der Waals surface area (Å²) < 4.78 is 5.35. The fourth-order valence-corrected chi connectivity index (χ4v) is 2.40. The monoisotopic (exact) mass is 275 g/mol. The van der Waals surface area contributed by atoms with E-state index < -0.39 is 0 Å². The van der Waals surface area contributed by atoms with Crippen LogP contribution >= 0.6 is 11.6 Å². The number of nitrogens with one attached hydrogen (secondary N) is 1. The summed E-state index contributed by atoms with van der Waals surface area (Å²) in [7, 11) is 0. The van der Waals surface area contributed by atoms with Crippen LogP contribution in [-0.4, -0.2) is 18.8 Å². The molecule has 3 rings (SSSR count). The van der Waals surface area contributed by atoms with E-state index in [-0.39, 0.29) is 5.60 Å². The Hall–Kier alpha value is -1.47. The molecule has 19 heavy (non-hydrogen) atoms. The third-order valence-electron chi connectivity index (χ3n) is 3.28. The van der Waals surface area contributed by atoms with E-state index in [1.807, 2.05) is 24.3 Å². The van der Waals surface area contributed by atoms with E-state index in [0.717, 1.165) is 37.3 Å². The minimum Gasteiger partial charge on any atom is -0.381 e. The average molecular weight is 276 g/mol. The Morgan fingerprint density at radius 3 is 2.84 bits per heavy atom. The second-order valence-corrected chi connectivity index (χ2v) is 5.14. The fraction of sp³-hybridized carbons (Fsp3) is 0.333. The van der Waals surface area contributed by atoms with Gasteiger partial charge in [-0.15, -0.1) is 0 Å². The third kappa shape index (κ3) is 2.93. The number of hydroxylamine groups is 1. The minimum absolute atomic E-state index is 0.239. The molecule has 1 spiro atoms. The Morgan fingerprint density at radius 2 is 2.05 bits per heavy atom.